The number of amides is 3. The lowest BCUT2D eigenvalue weighted by atomic mass is 10.0. The summed E-state index contributed by atoms with van der Waals surface area (Å²) in [6, 6.07) is 17.8. The van der Waals surface area contributed by atoms with Crippen LogP contribution in [0.4, 0.5) is 16.2 Å². The molecule has 0 saturated carbocycles. The van der Waals surface area contributed by atoms with Gasteiger partial charge in [-0.2, -0.15) is 0 Å². The zero-order valence-corrected chi connectivity index (χ0v) is 29.6. The topological polar surface area (TPSA) is 150 Å². The van der Waals surface area contributed by atoms with Gasteiger partial charge in [-0.05, 0) is 100 Å². The molecule has 4 rings (SSSR count). The summed E-state index contributed by atoms with van der Waals surface area (Å²) in [7, 11) is 3.56. The molecule has 3 aromatic rings. The Hall–Kier alpha value is -4.65. The van der Waals surface area contributed by atoms with Crippen LogP contribution in [0.1, 0.15) is 66.3 Å². The number of nitrogens with zero attached hydrogens (tertiary/aromatic N) is 2. The Morgan fingerprint density at radius 1 is 1.02 bits per heavy atom. The fraction of sp³-hybridized carbons (Fsp3) is 0.447. The zero-order valence-electron chi connectivity index (χ0n) is 29.6. The Kier molecular flexibility index (Phi) is 14.0. The van der Waals surface area contributed by atoms with E-state index in [1.54, 1.807) is 73.5 Å². The molecule has 4 N–H and O–H groups in total. The highest BCUT2D eigenvalue weighted by Gasteiger charge is 2.30. The number of urea groups is 1. The average molecular weight is 691 g/mol. The third kappa shape index (κ3) is 10.9. The van der Waals surface area contributed by atoms with E-state index in [2.05, 4.69) is 15.5 Å². The van der Waals surface area contributed by atoms with Crippen molar-refractivity contribution in [2.24, 2.45) is 5.92 Å². The minimum Gasteiger partial charge on any atom is -0.497 e. The number of hydrogen-bond donors (Lipinski definition) is 4. The smallest absolute Gasteiger partial charge is 0.335 e. The summed E-state index contributed by atoms with van der Waals surface area (Å²) >= 11 is 0. The van der Waals surface area contributed by atoms with Crippen LogP contribution in [0.5, 0.6) is 11.5 Å². The molecular weight excluding hydrogens is 640 g/mol. The van der Waals surface area contributed by atoms with Gasteiger partial charge >= 0.3 is 12.0 Å². The van der Waals surface area contributed by atoms with Gasteiger partial charge in [0.15, 0.2) is 0 Å². The van der Waals surface area contributed by atoms with Crippen molar-refractivity contribution >= 4 is 29.3 Å². The average Bonchev–Trinajstić information content (AvgIpc) is 3.10. The monoisotopic (exact) mass is 690 g/mol. The first-order valence-electron chi connectivity index (χ1n) is 17.0. The molecule has 0 radical (unpaired) electrons. The van der Waals surface area contributed by atoms with Crippen LogP contribution in [0.2, 0.25) is 0 Å². The van der Waals surface area contributed by atoms with Crippen molar-refractivity contribution in [3.8, 4) is 11.5 Å². The molecule has 12 heteroatoms. The summed E-state index contributed by atoms with van der Waals surface area (Å²) in [5, 5.41) is 25.1. The van der Waals surface area contributed by atoms with Crippen molar-refractivity contribution in [2.75, 3.05) is 51.1 Å². The molecule has 3 aromatic carbocycles. The largest absolute Gasteiger partial charge is 0.497 e. The minimum atomic E-state index is -0.964. The fourth-order valence-electron chi connectivity index (χ4n) is 5.87. The van der Waals surface area contributed by atoms with E-state index in [0.29, 0.717) is 49.1 Å². The van der Waals surface area contributed by atoms with Gasteiger partial charge in [0, 0.05) is 43.5 Å². The number of carboxylic acid groups (broad SMARTS) is 1. The molecular formula is C38H50N4O8. The Bertz CT molecular complexity index is 1570. The number of carboxylic acids is 1. The lowest BCUT2D eigenvalue weighted by Crippen LogP contribution is -2.47. The molecule has 1 aliphatic heterocycles. The van der Waals surface area contributed by atoms with Gasteiger partial charge in [0.25, 0.3) is 5.91 Å². The summed E-state index contributed by atoms with van der Waals surface area (Å²) < 4.78 is 17.9. The molecule has 4 atom stereocenters. The summed E-state index contributed by atoms with van der Waals surface area (Å²) in [5.41, 5.74) is 2.48. The van der Waals surface area contributed by atoms with Gasteiger partial charge in [0.2, 0.25) is 0 Å². The highest BCUT2D eigenvalue weighted by Crippen LogP contribution is 2.29. The molecule has 0 bridgehead atoms. The lowest BCUT2D eigenvalue weighted by molar-refractivity contribution is -0.0177. The van der Waals surface area contributed by atoms with Crippen LogP contribution in [-0.2, 0) is 11.3 Å². The van der Waals surface area contributed by atoms with Gasteiger partial charge < -0.3 is 40.0 Å². The van der Waals surface area contributed by atoms with Crippen LogP contribution in [0.3, 0.4) is 0 Å². The molecule has 1 heterocycles. The number of carbonyl (C=O) groups is 3. The maximum atomic E-state index is 14.4. The third-order valence-corrected chi connectivity index (χ3v) is 8.80. The Morgan fingerprint density at radius 2 is 1.70 bits per heavy atom. The van der Waals surface area contributed by atoms with Crippen molar-refractivity contribution in [1.82, 2.24) is 9.80 Å². The van der Waals surface area contributed by atoms with Crippen molar-refractivity contribution in [1.29, 1.82) is 0 Å². The van der Waals surface area contributed by atoms with Crippen molar-refractivity contribution in [2.45, 2.75) is 64.8 Å². The number of aromatic carboxylic acids is 1. The number of aliphatic hydroxyl groups is 1. The number of rotatable bonds is 10. The summed E-state index contributed by atoms with van der Waals surface area (Å²) in [6.07, 6.45) is 2.05. The van der Waals surface area contributed by atoms with E-state index >= 15 is 0 Å². The first-order chi connectivity index (χ1) is 24.0. The second kappa shape index (κ2) is 18.4. The summed E-state index contributed by atoms with van der Waals surface area (Å²) in [5.74, 6) is -0.338. The highest BCUT2D eigenvalue weighted by molar-refractivity contribution is 6.02. The van der Waals surface area contributed by atoms with Crippen molar-refractivity contribution < 1.29 is 38.8 Å². The number of hydrogen-bond acceptors (Lipinski definition) is 8. The molecule has 12 nitrogen and oxygen atoms in total. The molecule has 270 valence electrons. The molecule has 0 fully saturated rings. The number of ether oxygens (including phenoxy) is 3. The van der Waals surface area contributed by atoms with E-state index in [1.165, 1.54) is 0 Å². The summed E-state index contributed by atoms with van der Waals surface area (Å²) in [6.45, 7) is 7.57. The van der Waals surface area contributed by atoms with Gasteiger partial charge in [-0.25, -0.2) is 9.59 Å². The van der Waals surface area contributed by atoms with Gasteiger partial charge in [0.1, 0.15) is 11.5 Å². The predicted molar refractivity (Wildman–Crippen MR) is 192 cm³/mol. The number of anilines is 2. The highest BCUT2D eigenvalue weighted by atomic mass is 16.5. The number of fused-ring (bicyclic) bond motifs is 1. The first kappa shape index (κ1) is 38.2. The third-order valence-electron chi connectivity index (χ3n) is 8.80. The molecule has 0 unspecified atom stereocenters. The number of carbonyl (C=O) groups excluding carboxylic acids is 2. The Morgan fingerprint density at radius 3 is 2.36 bits per heavy atom. The van der Waals surface area contributed by atoms with E-state index in [-0.39, 0.29) is 41.8 Å². The molecule has 0 aliphatic carbocycles. The normalized spacial score (nSPS) is 19.5. The van der Waals surface area contributed by atoms with Crippen LogP contribution < -0.4 is 20.1 Å². The van der Waals surface area contributed by atoms with Gasteiger partial charge in [-0.1, -0.05) is 19.1 Å². The van der Waals surface area contributed by atoms with E-state index in [9.17, 15) is 24.6 Å². The van der Waals surface area contributed by atoms with Gasteiger partial charge in [-0.15, -0.1) is 0 Å². The Balaban J connectivity index is 1.56. The van der Waals surface area contributed by atoms with E-state index in [0.717, 1.165) is 24.8 Å². The Labute approximate surface area is 294 Å². The number of likely N-dealkylation sites (N-methyl/N-ethyl adjacent to an activating group) is 1. The summed E-state index contributed by atoms with van der Waals surface area (Å²) in [4.78, 5) is 42.3. The zero-order chi connectivity index (χ0) is 36.2. The van der Waals surface area contributed by atoms with Crippen LogP contribution in [0.25, 0.3) is 0 Å². The predicted octanol–water partition coefficient (Wildman–Crippen LogP) is 5.96. The molecule has 50 heavy (non-hydrogen) atoms. The second-order valence-corrected chi connectivity index (χ2v) is 13.0. The van der Waals surface area contributed by atoms with Crippen molar-refractivity contribution in [3.63, 3.8) is 0 Å². The standard InChI is InChI=1S/C38H50N4O8/c1-25-21-42(26(2)24-43)36(44)33-20-31(40-38(47)39-30-13-16-32(48-5)17-14-30)15-18-34(33)50-27(3)8-6-7-19-49-35(25)23-41(4)22-28-9-11-29(12-10-28)37(45)46/h9-18,20,25-27,35,43H,6-8,19,21-24H2,1-5H3,(H,45,46)(H2,39,40,47)/t25-,26-,27+,35+/m0/s1. The fourth-order valence-corrected chi connectivity index (χ4v) is 5.87. The van der Waals surface area contributed by atoms with Crippen molar-refractivity contribution in [3.05, 3.63) is 83.4 Å². The molecule has 0 aromatic heterocycles. The van der Waals surface area contributed by atoms with E-state index in [1.807, 2.05) is 33.0 Å². The van der Waals surface area contributed by atoms with Crippen LogP contribution in [0.15, 0.2) is 66.7 Å². The SMILES string of the molecule is COc1ccc(NC(=O)Nc2ccc3c(c2)C(=O)N([C@@H](C)CO)C[C@H](C)[C@@H](CN(C)Cc2ccc(C(=O)O)cc2)OCCCC[C@@H](C)O3)cc1. The lowest BCUT2D eigenvalue weighted by Gasteiger charge is -2.36. The molecule has 1 aliphatic rings. The minimum absolute atomic E-state index is 0.118. The first-order valence-corrected chi connectivity index (χ1v) is 17.0. The van der Waals surface area contributed by atoms with Gasteiger partial charge in [0.05, 0.1) is 43.1 Å². The van der Waals surface area contributed by atoms with Crippen LogP contribution >= 0.6 is 0 Å². The molecule has 0 spiro atoms. The maximum Gasteiger partial charge on any atom is 0.335 e. The number of aliphatic hydroxyl groups excluding tert-OH is 1. The van der Waals surface area contributed by atoms with E-state index in [4.69, 9.17) is 14.2 Å². The molecule has 0 saturated heterocycles. The van der Waals surface area contributed by atoms with Gasteiger partial charge in [-0.3, -0.25) is 9.69 Å². The maximum absolute atomic E-state index is 14.4. The second-order valence-electron chi connectivity index (χ2n) is 13.0. The van der Waals surface area contributed by atoms with E-state index < -0.39 is 18.0 Å². The quantitative estimate of drug-likeness (QED) is 0.202. The number of methoxy groups -OCH3 is 1. The molecule has 3 amide bonds. The van der Waals surface area contributed by atoms with Crippen LogP contribution in [-0.4, -0.2) is 96.6 Å². The van der Waals surface area contributed by atoms with Crippen LogP contribution in [0, 0.1) is 5.92 Å². The number of benzene rings is 3. The number of nitrogens with one attached hydrogen (secondary N) is 2.